The molecule has 1 atom stereocenters. The highest BCUT2D eigenvalue weighted by Gasteiger charge is 2.47. The minimum atomic E-state index is -1.03. The maximum absolute atomic E-state index is 13.7. The number of aliphatic hydroxyl groups excluding tert-OH is 1. The van der Waals surface area contributed by atoms with Crippen molar-refractivity contribution in [1.29, 1.82) is 0 Å². The number of halogens is 1. The van der Waals surface area contributed by atoms with Crippen LogP contribution in [0.4, 0.5) is 5.69 Å². The van der Waals surface area contributed by atoms with E-state index < -0.39 is 23.5 Å². The van der Waals surface area contributed by atoms with Crippen LogP contribution in [0, 0.1) is 0 Å². The SMILES string of the molecule is CCCOc1cccc(N2C(=O)C(O)=C(C(=O)c3cc4cc(Cl)cc(OC)c4o3)C2c2ccco2)c1. The Kier molecular flexibility index (Phi) is 6.20. The quantitative estimate of drug-likeness (QED) is 0.281. The number of rotatable bonds is 8. The highest BCUT2D eigenvalue weighted by atomic mass is 35.5. The number of ketones is 1. The van der Waals surface area contributed by atoms with Gasteiger partial charge in [-0.15, -0.1) is 0 Å². The summed E-state index contributed by atoms with van der Waals surface area (Å²) in [5, 5.41) is 11.9. The molecule has 0 spiro atoms. The maximum atomic E-state index is 13.7. The highest BCUT2D eigenvalue weighted by molar-refractivity contribution is 6.31. The fourth-order valence-electron chi connectivity index (χ4n) is 4.24. The van der Waals surface area contributed by atoms with E-state index in [-0.39, 0.29) is 11.3 Å². The van der Waals surface area contributed by atoms with Crippen LogP contribution in [-0.4, -0.2) is 30.5 Å². The molecule has 1 aliphatic heterocycles. The van der Waals surface area contributed by atoms with Crippen LogP contribution >= 0.6 is 11.6 Å². The Labute approximate surface area is 211 Å². The number of hydrogen-bond donors (Lipinski definition) is 1. The lowest BCUT2D eigenvalue weighted by atomic mass is 9.99. The zero-order chi connectivity index (χ0) is 25.4. The Hall–Kier alpha value is -4.17. The molecule has 4 aromatic rings. The Balaban J connectivity index is 1.60. The molecule has 9 heteroatoms. The minimum Gasteiger partial charge on any atom is -0.503 e. The Morgan fingerprint density at radius 2 is 2.00 bits per heavy atom. The Morgan fingerprint density at radius 3 is 2.72 bits per heavy atom. The van der Waals surface area contributed by atoms with E-state index in [0.717, 1.165) is 6.42 Å². The summed E-state index contributed by atoms with van der Waals surface area (Å²) in [7, 11) is 1.46. The van der Waals surface area contributed by atoms with E-state index in [1.54, 1.807) is 48.5 Å². The van der Waals surface area contributed by atoms with Crippen molar-refractivity contribution in [3.63, 3.8) is 0 Å². The first-order valence-corrected chi connectivity index (χ1v) is 11.7. The number of carbonyl (C=O) groups excluding carboxylic acids is 2. The summed E-state index contributed by atoms with van der Waals surface area (Å²) in [5.74, 6) is -0.981. The molecular formula is C27H22ClNO7. The van der Waals surface area contributed by atoms with Gasteiger partial charge in [0, 0.05) is 28.2 Å². The molecule has 0 bridgehead atoms. The summed E-state index contributed by atoms with van der Waals surface area (Å²) in [5.41, 5.74) is 0.586. The van der Waals surface area contributed by atoms with Crippen molar-refractivity contribution >= 4 is 39.9 Å². The van der Waals surface area contributed by atoms with Gasteiger partial charge in [-0.25, -0.2) is 0 Å². The van der Waals surface area contributed by atoms with Crippen molar-refractivity contribution < 1.29 is 33.0 Å². The molecule has 1 N–H and O–H groups in total. The number of furan rings is 2. The first-order chi connectivity index (χ1) is 17.4. The third kappa shape index (κ3) is 3.99. The van der Waals surface area contributed by atoms with E-state index >= 15 is 0 Å². The average Bonchev–Trinajstić information content (AvgIpc) is 3.61. The van der Waals surface area contributed by atoms with Crippen molar-refractivity contribution in [2.24, 2.45) is 0 Å². The van der Waals surface area contributed by atoms with Crippen molar-refractivity contribution in [1.82, 2.24) is 0 Å². The van der Waals surface area contributed by atoms with Gasteiger partial charge in [0.1, 0.15) is 17.6 Å². The lowest BCUT2D eigenvalue weighted by Gasteiger charge is -2.25. The summed E-state index contributed by atoms with van der Waals surface area (Å²) in [6, 6.07) is 13.8. The molecule has 1 unspecified atom stereocenters. The average molecular weight is 508 g/mol. The van der Waals surface area contributed by atoms with E-state index in [9.17, 15) is 14.7 Å². The molecular weight excluding hydrogens is 486 g/mol. The van der Waals surface area contributed by atoms with Gasteiger partial charge < -0.3 is 23.4 Å². The van der Waals surface area contributed by atoms with Crippen LogP contribution < -0.4 is 14.4 Å². The second-order valence-corrected chi connectivity index (χ2v) is 8.60. The zero-order valence-corrected chi connectivity index (χ0v) is 20.2. The fraction of sp³-hybridized carbons (Fsp3) is 0.185. The van der Waals surface area contributed by atoms with Gasteiger partial charge >= 0.3 is 0 Å². The van der Waals surface area contributed by atoms with Crippen LogP contribution in [0.2, 0.25) is 5.02 Å². The molecule has 184 valence electrons. The largest absolute Gasteiger partial charge is 0.503 e. The number of benzene rings is 2. The van der Waals surface area contributed by atoms with Gasteiger partial charge in [-0.3, -0.25) is 14.5 Å². The number of anilines is 1. The topological polar surface area (TPSA) is 102 Å². The fourth-order valence-corrected chi connectivity index (χ4v) is 4.46. The number of nitrogens with zero attached hydrogens (tertiary/aromatic N) is 1. The molecule has 0 saturated heterocycles. The molecule has 0 aliphatic carbocycles. The van der Waals surface area contributed by atoms with Gasteiger partial charge in [0.15, 0.2) is 22.9 Å². The smallest absolute Gasteiger partial charge is 0.294 e. The molecule has 8 nitrogen and oxygen atoms in total. The summed E-state index contributed by atoms with van der Waals surface area (Å²) in [6.07, 6.45) is 2.25. The van der Waals surface area contributed by atoms with Crippen LogP contribution in [0.5, 0.6) is 11.5 Å². The molecule has 2 aromatic carbocycles. The van der Waals surface area contributed by atoms with Crippen LogP contribution in [0.1, 0.15) is 35.7 Å². The summed E-state index contributed by atoms with van der Waals surface area (Å²) >= 11 is 6.15. The second-order valence-electron chi connectivity index (χ2n) is 8.17. The van der Waals surface area contributed by atoms with Gasteiger partial charge in [-0.05, 0) is 42.8 Å². The number of amides is 1. The van der Waals surface area contributed by atoms with E-state index in [0.29, 0.717) is 45.5 Å². The monoisotopic (exact) mass is 507 g/mol. The van der Waals surface area contributed by atoms with Crippen LogP contribution in [-0.2, 0) is 4.79 Å². The van der Waals surface area contributed by atoms with Gasteiger partial charge in [0.2, 0.25) is 5.78 Å². The number of hydrogen-bond acceptors (Lipinski definition) is 7. The predicted molar refractivity (Wildman–Crippen MR) is 133 cm³/mol. The van der Waals surface area contributed by atoms with Crippen molar-refractivity contribution in [2.45, 2.75) is 19.4 Å². The molecule has 3 heterocycles. The number of ether oxygens (including phenoxy) is 2. The van der Waals surface area contributed by atoms with E-state index in [1.807, 2.05) is 6.92 Å². The second kappa shape index (κ2) is 9.47. The van der Waals surface area contributed by atoms with Crippen molar-refractivity contribution in [3.8, 4) is 11.5 Å². The van der Waals surface area contributed by atoms with Gasteiger partial charge in [-0.2, -0.15) is 0 Å². The van der Waals surface area contributed by atoms with E-state index in [1.165, 1.54) is 24.3 Å². The van der Waals surface area contributed by atoms with Crippen LogP contribution in [0.25, 0.3) is 11.0 Å². The Bertz CT molecular complexity index is 1490. The molecule has 1 aliphatic rings. The van der Waals surface area contributed by atoms with Crippen molar-refractivity contribution in [3.05, 3.63) is 88.7 Å². The predicted octanol–water partition coefficient (Wildman–Crippen LogP) is 6.26. The number of Topliss-reactive ketones (excluding diaryl/α,β-unsaturated/α-hetero) is 1. The molecule has 1 amide bonds. The molecule has 36 heavy (non-hydrogen) atoms. The number of carbonyl (C=O) groups is 2. The summed E-state index contributed by atoms with van der Waals surface area (Å²) in [6.45, 7) is 2.49. The van der Waals surface area contributed by atoms with Gasteiger partial charge in [0.25, 0.3) is 5.91 Å². The minimum absolute atomic E-state index is 0.0849. The molecule has 0 saturated carbocycles. The maximum Gasteiger partial charge on any atom is 0.294 e. The zero-order valence-electron chi connectivity index (χ0n) is 19.5. The summed E-state index contributed by atoms with van der Waals surface area (Å²) < 4.78 is 22.4. The molecule has 2 aromatic heterocycles. The van der Waals surface area contributed by atoms with E-state index in [4.69, 9.17) is 29.9 Å². The normalized spacial score (nSPS) is 15.7. The van der Waals surface area contributed by atoms with Crippen LogP contribution in [0.3, 0.4) is 0 Å². The Morgan fingerprint density at radius 1 is 1.17 bits per heavy atom. The molecule has 0 fully saturated rings. The first kappa shape index (κ1) is 23.6. The molecule has 5 rings (SSSR count). The first-order valence-electron chi connectivity index (χ1n) is 11.3. The standard InChI is InChI=1S/C27H22ClNO7/c1-3-9-34-18-7-4-6-17(14-18)29-23(19-8-5-10-35-19)22(25(31)27(29)32)24(30)20-12-15-11-16(28)13-21(33-2)26(15)36-20/h4-8,10-14,23,31H,3,9H2,1-2H3. The van der Waals surface area contributed by atoms with Gasteiger partial charge in [-0.1, -0.05) is 24.6 Å². The van der Waals surface area contributed by atoms with E-state index in [2.05, 4.69) is 0 Å². The molecule has 0 radical (unpaired) electrons. The lowest BCUT2D eigenvalue weighted by molar-refractivity contribution is -0.117. The third-order valence-corrected chi connectivity index (χ3v) is 6.04. The number of fused-ring (bicyclic) bond motifs is 1. The summed E-state index contributed by atoms with van der Waals surface area (Å²) in [4.78, 5) is 28.3. The lowest BCUT2D eigenvalue weighted by Crippen LogP contribution is -2.30. The number of aliphatic hydroxyl groups is 1. The van der Waals surface area contributed by atoms with Crippen LogP contribution in [0.15, 0.2) is 81.0 Å². The van der Waals surface area contributed by atoms with Gasteiger partial charge in [0.05, 0.1) is 25.6 Å². The number of methoxy groups -OCH3 is 1. The third-order valence-electron chi connectivity index (χ3n) is 5.82. The van der Waals surface area contributed by atoms with Crippen molar-refractivity contribution in [2.75, 3.05) is 18.6 Å². The highest BCUT2D eigenvalue weighted by Crippen LogP contribution is 2.43.